The van der Waals surface area contributed by atoms with E-state index in [0.717, 1.165) is 11.3 Å². The largest absolute Gasteiger partial charge is 0.491 e. The van der Waals surface area contributed by atoms with Crippen LogP contribution >= 0.6 is 0 Å². The Morgan fingerprint density at radius 1 is 1.13 bits per heavy atom. The molecule has 0 heterocycles. The van der Waals surface area contributed by atoms with Gasteiger partial charge in [-0.2, -0.15) is 0 Å². The lowest BCUT2D eigenvalue weighted by atomic mass is 10.2. The van der Waals surface area contributed by atoms with E-state index in [9.17, 15) is 0 Å². The van der Waals surface area contributed by atoms with Gasteiger partial charge in [0.25, 0.3) is 0 Å². The first kappa shape index (κ1) is 11.8. The Kier molecular flexibility index (Phi) is 4.37. The summed E-state index contributed by atoms with van der Waals surface area (Å²) in [5.41, 5.74) is 6.77. The molecule has 2 heteroatoms. The van der Waals surface area contributed by atoms with Gasteiger partial charge in [-0.1, -0.05) is 24.3 Å². The monoisotopic (exact) mass is 205 g/mol. The number of ether oxygens (including phenoxy) is 1. The maximum absolute atomic E-state index is 5.62. The molecule has 0 spiro atoms. The van der Waals surface area contributed by atoms with Gasteiger partial charge in [0.15, 0.2) is 0 Å². The van der Waals surface area contributed by atoms with Crippen LogP contribution in [-0.4, -0.2) is 12.1 Å². The van der Waals surface area contributed by atoms with Crippen molar-refractivity contribution < 1.29 is 4.74 Å². The molecule has 82 valence electrons. The molecule has 1 rings (SSSR count). The van der Waals surface area contributed by atoms with Crippen LogP contribution in [0.5, 0.6) is 5.75 Å². The van der Waals surface area contributed by atoms with Crippen LogP contribution in [0.1, 0.15) is 26.3 Å². The van der Waals surface area contributed by atoms with Gasteiger partial charge in [-0.05, 0) is 38.5 Å². The van der Waals surface area contributed by atoms with Crippen molar-refractivity contribution in [3.8, 4) is 5.75 Å². The molecule has 0 amide bonds. The lowest BCUT2D eigenvalue weighted by Gasteiger charge is -2.09. The maximum Gasteiger partial charge on any atom is 0.119 e. The van der Waals surface area contributed by atoms with Gasteiger partial charge >= 0.3 is 0 Å². The molecule has 0 radical (unpaired) electrons. The lowest BCUT2D eigenvalue weighted by Crippen LogP contribution is -2.09. The van der Waals surface area contributed by atoms with E-state index >= 15 is 0 Å². The molecule has 1 unspecified atom stereocenters. The lowest BCUT2D eigenvalue weighted by molar-refractivity contribution is 0.242. The SMILES string of the molecule is CC(N)/C=C/c1ccc(OC(C)C)cc1. The molecule has 15 heavy (non-hydrogen) atoms. The van der Waals surface area contributed by atoms with Crippen molar-refractivity contribution >= 4 is 6.08 Å². The first-order chi connectivity index (χ1) is 7.08. The summed E-state index contributed by atoms with van der Waals surface area (Å²) in [6, 6.07) is 8.09. The van der Waals surface area contributed by atoms with Crippen LogP contribution in [0, 0.1) is 0 Å². The maximum atomic E-state index is 5.62. The zero-order valence-corrected chi connectivity index (χ0v) is 9.60. The molecule has 0 fully saturated rings. The zero-order chi connectivity index (χ0) is 11.3. The van der Waals surface area contributed by atoms with Crippen molar-refractivity contribution in [3.63, 3.8) is 0 Å². The predicted molar refractivity (Wildman–Crippen MR) is 64.9 cm³/mol. The summed E-state index contributed by atoms with van der Waals surface area (Å²) in [6.45, 7) is 5.99. The second kappa shape index (κ2) is 5.56. The molecule has 0 bridgehead atoms. The van der Waals surface area contributed by atoms with E-state index in [0.29, 0.717) is 0 Å². The highest BCUT2D eigenvalue weighted by Gasteiger charge is 1.96. The van der Waals surface area contributed by atoms with Crippen LogP contribution in [0.4, 0.5) is 0 Å². The van der Waals surface area contributed by atoms with Crippen LogP contribution in [-0.2, 0) is 0 Å². The Hall–Kier alpha value is -1.28. The fourth-order valence-electron chi connectivity index (χ4n) is 1.19. The second-order valence-electron chi connectivity index (χ2n) is 3.95. The van der Waals surface area contributed by atoms with Gasteiger partial charge in [-0.15, -0.1) is 0 Å². The van der Waals surface area contributed by atoms with Gasteiger partial charge < -0.3 is 10.5 Å². The third kappa shape index (κ3) is 4.66. The number of hydrogen-bond donors (Lipinski definition) is 1. The molecule has 0 saturated heterocycles. The summed E-state index contributed by atoms with van der Waals surface area (Å²) >= 11 is 0. The van der Waals surface area contributed by atoms with Crippen LogP contribution in [0.25, 0.3) is 6.08 Å². The molecule has 0 aliphatic rings. The van der Waals surface area contributed by atoms with Crippen LogP contribution < -0.4 is 10.5 Å². The summed E-state index contributed by atoms with van der Waals surface area (Å²) in [6.07, 6.45) is 4.21. The van der Waals surface area contributed by atoms with Gasteiger partial charge in [-0.25, -0.2) is 0 Å². The molecule has 2 nitrogen and oxygen atoms in total. The summed E-state index contributed by atoms with van der Waals surface area (Å²) in [4.78, 5) is 0. The van der Waals surface area contributed by atoms with Gasteiger partial charge in [0.2, 0.25) is 0 Å². The Morgan fingerprint density at radius 3 is 2.20 bits per heavy atom. The van der Waals surface area contributed by atoms with Crippen molar-refractivity contribution in [2.45, 2.75) is 32.9 Å². The molecule has 1 atom stereocenters. The van der Waals surface area contributed by atoms with E-state index in [-0.39, 0.29) is 12.1 Å². The van der Waals surface area contributed by atoms with E-state index in [1.165, 1.54) is 0 Å². The average Bonchev–Trinajstić information content (AvgIpc) is 2.16. The molecule has 1 aromatic carbocycles. The van der Waals surface area contributed by atoms with E-state index in [2.05, 4.69) is 0 Å². The van der Waals surface area contributed by atoms with Gasteiger partial charge in [0.1, 0.15) is 5.75 Å². The number of rotatable bonds is 4. The van der Waals surface area contributed by atoms with E-state index in [1.807, 2.05) is 57.2 Å². The molecule has 0 aliphatic carbocycles. The normalized spacial score (nSPS) is 13.4. The van der Waals surface area contributed by atoms with Crippen molar-refractivity contribution in [1.29, 1.82) is 0 Å². The van der Waals surface area contributed by atoms with Crippen LogP contribution in [0.3, 0.4) is 0 Å². The topological polar surface area (TPSA) is 35.2 Å². The fraction of sp³-hybridized carbons (Fsp3) is 0.385. The van der Waals surface area contributed by atoms with Crippen molar-refractivity contribution in [3.05, 3.63) is 35.9 Å². The van der Waals surface area contributed by atoms with Crippen molar-refractivity contribution in [2.24, 2.45) is 5.73 Å². The minimum atomic E-state index is 0.0941. The summed E-state index contributed by atoms with van der Waals surface area (Å²) in [7, 11) is 0. The number of hydrogen-bond acceptors (Lipinski definition) is 2. The highest BCUT2D eigenvalue weighted by atomic mass is 16.5. The van der Waals surface area contributed by atoms with Crippen LogP contribution in [0.15, 0.2) is 30.3 Å². The molecular weight excluding hydrogens is 186 g/mol. The summed E-state index contributed by atoms with van der Waals surface area (Å²) in [5, 5.41) is 0. The van der Waals surface area contributed by atoms with Crippen LogP contribution in [0.2, 0.25) is 0 Å². The highest BCUT2D eigenvalue weighted by molar-refractivity contribution is 5.51. The van der Waals surface area contributed by atoms with Crippen molar-refractivity contribution in [2.75, 3.05) is 0 Å². The minimum Gasteiger partial charge on any atom is -0.491 e. The van der Waals surface area contributed by atoms with Gasteiger partial charge in [-0.3, -0.25) is 0 Å². The minimum absolute atomic E-state index is 0.0941. The average molecular weight is 205 g/mol. The van der Waals surface area contributed by atoms with Gasteiger partial charge in [0, 0.05) is 6.04 Å². The first-order valence-corrected chi connectivity index (χ1v) is 5.28. The Labute approximate surface area is 91.7 Å². The first-order valence-electron chi connectivity index (χ1n) is 5.28. The highest BCUT2D eigenvalue weighted by Crippen LogP contribution is 2.14. The zero-order valence-electron chi connectivity index (χ0n) is 9.60. The Balaban J connectivity index is 2.64. The number of benzene rings is 1. The summed E-state index contributed by atoms with van der Waals surface area (Å²) < 4.78 is 5.55. The van der Waals surface area contributed by atoms with E-state index in [4.69, 9.17) is 10.5 Å². The molecule has 0 aromatic heterocycles. The summed E-state index contributed by atoms with van der Waals surface area (Å²) in [5.74, 6) is 0.906. The van der Waals surface area contributed by atoms with E-state index < -0.39 is 0 Å². The molecule has 0 aliphatic heterocycles. The van der Waals surface area contributed by atoms with Crippen molar-refractivity contribution in [1.82, 2.24) is 0 Å². The van der Waals surface area contributed by atoms with Gasteiger partial charge in [0.05, 0.1) is 6.10 Å². The quantitative estimate of drug-likeness (QED) is 0.820. The Morgan fingerprint density at radius 2 is 1.73 bits per heavy atom. The third-order valence-corrected chi connectivity index (χ3v) is 1.84. The fourth-order valence-corrected chi connectivity index (χ4v) is 1.19. The Bertz CT molecular complexity index is 312. The smallest absolute Gasteiger partial charge is 0.119 e. The third-order valence-electron chi connectivity index (χ3n) is 1.84. The van der Waals surface area contributed by atoms with E-state index in [1.54, 1.807) is 0 Å². The molecule has 1 aromatic rings. The standard InChI is InChI=1S/C13H19NO/c1-10(2)15-13-8-6-12(7-9-13)5-4-11(3)14/h4-11H,14H2,1-3H3/b5-4+. The molecule has 2 N–H and O–H groups in total. The molecule has 0 saturated carbocycles. The molecular formula is C13H19NO. The predicted octanol–water partition coefficient (Wildman–Crippen LogP) is 2.83. The number of nitrogens with two attached hydrogens (primary N) is 1. The second-order valence-corrected chi connectivity index (χ2v) is 3.95.